The number of carbonyl (C=O) groups is 1. The molecule has 0 bridgehead atoms. The summed E-state index contributed by atoms with van der Waals surface area (Å²) in [5.41, 5.74) is 1.16. The van der Waals surface area contributed by atoms with Gasteiger partial charge in [0.2, 0.25) is 0 Å². The lowest BCUT2D eigenvalue weighted by molar-refractivity contribution is -0.110. The Kier molecular flexibility index (Phi) is 3.17. The van der Waals surface area contributed by atoms with Crippen LogP contribution in [0.5, 0.6) is 0 Å². The standard InChI is InChI=1S/C13H17NO/c1-14-8-7-12(9-14)13(10-15)11-5-3-2-4-6-11/h2-6,10,12-13H,7-9H2,1H3. The van der Waals surface area contributed by atoms with Crippen molar-refractivity contribution in [3.8, 4) is 0 Å². The molecule has 0 aliphatic carbocycles. The number of hydrogen-bond acceptors (Lipinski definition) is 2. The van der Waals surface area contributed by atoms with E-state index >= 15 is 0 Å². The third kappa shape index (κ3) is 2.26. The first-order chi connectivity index (χ1) is 7.31. The van der Waals surface area contributed by atoms with E-state index in [1.165, 1.54) is 0 Å². The molecule has 2 unspecified atom stereocenters. The van der Waals surface area contributed by atoms with Crippen molar-refractivity contribution in [3.05, 3.63) is 35.9 Å². The highest BCUT2D eigenvalue weighted by Crippen LogP contribution is 2.29. The number of benzene rings is 1. The summed E-state index contributed by atoms with van der Waals surface area (Å²) in [6.45, 7) is 2.15. The minimum atomic E-state index is 0.0798. The van der Waals surface area contributed by atoms with Crippen LogP contribution in [-0.2, 0) is 4.79 Å². The number of likely N-dealkylation sites (tertiary alicyclic amines) is 1. The van der Waals surface area contributed by atoms with E-state index in [9.17, 15) is 4.79 Å². The van der Waals surface area contributed by atoms with Gasteiger partial charge < -0.3 is 9.69 Å². The summed E-state index contributed by atoms with van der Waals surface area (Å²) in [5.74, 6) is 0.575. The summed E-state index contributed by atoms with van der Waals surface area (Å²) in [4.78, 5) is 13.5. The number of hydrogen-bond donors (Lipinski definition) is 0. The Morgan fingerprint density at radius 2 is 2.13 bits per heavy atom. The van der Waals surface area contributed by atoms with E-state index in [0.29, 0.717) is 5.92 Å². The van der Waals surface area contributed by atoms with Gasteiger partial charge in [0.15, 0.2) is 0 Å². The zero-order valence-corrected chi connectivity index (χ0v) is 9.10. The molecule has 2 atom stereocenters. The van der Waals surface area contributed by atoms with Crippen LogP contribution >= 0.6 is 0 Å². The van der Waals surface area contributed by atoms with Gasteiger partial charge in [-0.2, -0.15) is 0 Å². The Bertz CT molecular complexity index is 323. The number of carbonyl (C=O) groups excluding carboxylic acids is 1. The zero-order valence-electron chi connectivity index (χ0n) is 9.10. The maximum absolute atomic E-state index is 11.2. The molecule has 0 N–H and O–H groups in total. The topological polar surface area (TPSA) is 20.3 Å². The first kappa shape index (κ1) is 10.4. The highest BCUT2D eigenvalue weighted by atomic mass is 16.1. The van der Waals surface area contributed by atoms with E-state index in [0.717, 1.165) is 31.4 Å². The molecule has 0 saturated carbocycles. The minimum absolute atomic E-state index is 0.0798. The predicted octanol–water partition coefficient (Wildman–Crippen LogP) is 1.92. The zero-order chi connectivity index (χ0) is 10.7. The third-order valence-corrected chi connectivity index (χ3v) is 3.27. The number of aldehydes is 1. The van der Waals surface area contributed by atoms with Crippen LogP contribution in [-0.4, -0.2) is 31.3 Å². The maximum atomic E-state index is 11.2. The van der Waals surface area contributed by atoms with E-state index < -0.39 is 0 Å². The van der Waals surface area contributed by atoms with Crippen LogP contribution in [0.3, 0.4) is 0 Å². The quantitative estimate of drug-likeness (QED) is 0.699. The molecule has 80 valence electrons. The molecule has 1 aliphatic heterocycles. The maximum Gasteiger partial charge on any atom is 0.127 e. The highest BCUT2D eigenvalue weighted by molar-refractivity contribution is 5.62. The predicted molar refractivity (Wildman–Crippen MR) is 60.9 cm³/mol. The molecule has 2 heteroatoms. The fourth-order valence-electron chi connectivity index (χ4n) is 2.40. The summed E-state index contributed by atoms with van der Waals surface area (Å²) >= 11 is 0. The van der Waals surface area contributed by atoms with E-state index in [1.807, 2.05) is 18.2 Å². The normalized spacial score (nSPS) is 23.9. The molecule has 0 aromatic heterocycles. The van der Waals surface area contributed by atoms with Gasteiger partial charge in [0.05, 0.1) is 0 Å². The van der Waals surface area contributed by atoms with Crippen molar-refractivity contribution in [2.45, 2.75) is 12.3 Å². The average molecular weight is 203 g/mol. The lowest BCUT2D eigenvalue weighted by Gasteiger charge is -2.18. The second kappa shape index (κ2) is 4.58. The van der Waals surface area contributed by atoms with Gasteiger partial charge in [0.1, 0.15) is 6.29 Å². The molecule has 0 radical (unpaired) electrons. The molecular weight excluding hydrogens is 186 g/mol. The van der Waals surface area contributed by atoms with Crippen LogP contribution in [0.15, 0.2) is 30.3 Å². The minimum Gasteiger partial charge on any atom is -0.306 e. The summed E-state index contributed by atoms with van der Waals surface area (Å²) in [5, 5.41) is 0. The second-order valence-electron chi connectivity index (χ2n) is 4.38. The van der Waals surface area contributed by atoms with Gasteiger partial charge in [-0.25, -0.2) is 0 Å². The van der Waals surface area contributed by atoms with Crippen LogP contribution < -0.4 is 0 Å². The van der Waals surface area contributed by atoms with Crippen LogP contribution in [0.4, 0.5) is 0 Å². The van der Waals surface area contributed by atoms with Crippen molar-refractivity contribution in [1.82, 2.24) is 4.90 Å². The smallest absolute Gasteiger partial charge is 0.127 e. The van der Waals surface area contributed by atoms with E-state index in [2.05, 4.69) is 24.1 Å². The molecule has 1 heterocycles. The van der Waals surface area contributed by atoms with Crippen molar-refractivity contribution >= 4 is 6.29 Å². The average Bonchev–Trinajstić information content (AvgIpc) is 2.68. The summed E-state index contributed by atoms with van der Waals surface area (Å²) in [6, 6.07) is 10.1. The fraction of sp³-hybridized carbons (Fsp3) is 0.462. The van der Waals surface area contributed by atoms with Crippen molar-refractivity contribution in [1.29, 1.82) is 0 Å². The summed E-state index contributed by atoms with van der Waals surface area (Å²) in [6.07, 6.45) is 2.24. The van der Waals surface area contributed by atoms with Gasteiger partial charge >= 0.3 is 0 Å². The molecule has 15 heavy (non-hydrogen) atoms. The Labute approximate surface area is 90.9 Å². The third-order valence-electron chi connectivity index (χ3n) is 3.27. The van der Waals surface area contributed by atoms with Crippen molar-refractivity contribution < 1.29 is 4.79 Å². The van der Waals surface area contributed by atoms with Crippen molar-refractivity contribution in [2.24, 2.45) is 5.92 Å². The Balaban J connectivity index is 2.14. The summed E-state index contributed by atoms with van der Waals surface area (Å²) < 4.78 is 0. The van der Waals surface area contributed by atoms with Crippen molar-refractivity contribution in [3.63, 3.8) is 0 Å². The Hall–Kier alpha value is -1.15. The number of rotatable bonds is 3. The molecule has 0 spiro atoms. The van der Waals surface area contributed by atoms with Crippen LogP contribution in [0, 0.1) is 5.92 Å². The molecule has 1 aromatic rings. The van der Waals surface area contributed by atoms with Crippen molar-refractivity contribution in [2.75, 3.05) is 20.1 Å². The van der Waals surface area contributed by atoms with E-state index in [4.69, 9.17) is 0 Å². The molecule has 1 aromatic carbocycles. The van der Waals surface area contributed by atoms with Crippen LogP contribution in [0.1, 0.15) is 17.9 Å². The number of nitrogens with zero attached hydrogens (tertiary/aromatic N) is 1. The van der Waals surface area contributed by atoms with Gasteiger partial charge in [-0.05, 0) is 31.5 Å². The highest BCUT2D eigenvalue weighted by Gasteiger charge is 2.28. The molecule has 2 rings (SSSR count). The molecule has 2 nitrogen and oxygen atoms in total. The molecule has 1 aliphatic rings. The molecule has 1 saturated heterocycles. The SMILES string of the molecule is CN1CCC(C(C=O)c2ccccc2)C1. The first-order valence-electron chi connectivity index (χ1n) is 5.50. The monoisotopic (exact) mass is 203 g/mol. The lowest BCUT2D eigenvalue weighted by atomic mass is 9.87. The van der Waals surface area contributed by atoms with E-state index in [1.54, 1.807) is 0 Å². The van der Waals surface area contributed by atoms with Gasteiger partial charge in [-0.15, -0.1) is 0 Å². The Morgan fingerprint density at radius 1 is 1.40 bits per heavy atom. The summed E-state index contributed by atoms with van der Waals surface area (Å²) in [7, 11) is 2.12. The Morgan fingerprint density at radius 3 is 2.67 bits per heavy atom. The van der Waals surface area contributed by atoms with Gasteiger partial charge in [0.25, 0.3) is 0 Å². The largest absolute Gasteiger partial charge is 0.306 e. The van der Waals surface area contributed by atoms with Gasteiger partial charge in [-0.3, -0.25) is 0 Å². The molecule has 0 amide bonds. The van der Waals surface area contributed by atoms with Gasteiger partial charge in [-0.1, -0.05) is 30.3 Å². The van der Waals surface area contributed by atoms with Crippen LogP contribution in [0.25, 0.3) is 0 Å². The second-order valence-corrected chi connectivity index (χ2v) is 4.38. The molecule has 1 fully saturated rings. The lowest BCUT2D eigenvalue weighted by Crippen LogP contribution is -2.19. The fourth-order valence-corrected chi connectivity index (χ4v) is 2.40. The first-order valence-corrected chi connectivity index (χ1v) is 5.50. The van der Waals surface area contributed by atoms with E-state index in [-0.39, 0.29) is 5.92 Å². The van der Waals surface area contributed by atoms with Crippen LogP contribution in [0.2, 0.25) is 0 Å². The molecular formula is C13H17NO. The van der Waals surface area contributed by atoms with Gasteiger partial charge in [0, 0.05) is 12.5 Å².